The van der Waals surface area contributed by atoms with Crippen LogP contribution in [0.3, 0.4) is 0 Å². The highest BCUT2D eigenvalue weighted by molar-refractivity contribution is 5.32. The molecule has 0 aromatic heterocycles. The number of nitrogens with zero attached hydrogens (tertiary/aromatic N) is 1. The molecule has 1 aromatic carbocycles. The van der Waals surface area contributed by atoms with E-state index in [1.165, 1.54) is 5.56 Å². The monoisotopic (exact) mass is 226 g/mol. The van der Waals surface area contributed by atoms with Gasteiger partial charge in [-0.05, 0) is 31.0 Å². The number of terminal acetylenes is 1. The molecule has 0 radical (unpaired) electrons. The summed E-state index contributed by atoms with van der Waals surface area (Å²) in [5, 5.41) is 12.2. The van der Waals surface area contributed by atoms with E-state index < -0.39 is 0 Å². The molecule has 17 heavy (non-hydrogen) atoms. The van der Waals surface area contributed by atoms with Crippen LogP contribution in [0, 0.1) is 23.7 Å². The predicted octanol–water partition coefficient (Wildman–Crippen LogP) is 3.01. The average Bonchev–Trinajstić information content (AvgIpc) is 2.38. The van der Waals surface area contributed by atoms with Gasteiger partial charge < -0.3 is 5.32 Å². The first-order valence-corrected chi connectivity index (χ1v) is 5.90. The van der Waals surface area contributed by atoms with Gasteiger partial charge in [-0.3, -0.25) is 0 Å². The number of hydrogen-bond donors (Lipinski definition) is 1. The van der Waals surface area contributed by atoms with Crippen molar-refractivity contribution in [2.24, 2.45) is 0 Å². The molecule has 0 saturated carbocycles. The third-order valence-electron chi connectivity index (χ3n) is 2.88. The van der Waals surface area contributed by atoms with Crippen LogP contribution < -0.4 is 5.32 Å². The maximum absolute atomic E-state index is 8.73. The number of hydrogen-bond acceptors (Lipinski definition) is 2. The maximum atomic E-state index is 8.73. The van der Waals surface area contributed by atoms with E-state index in [0.29, 0.717) is 11.6 Å². The molecule has 0 aliphatic carbocycles. The van der Waals surface area contributed by atoms with Crippen LogP contribution in [0.4, 0.5) is 0 Å². The van der Waals surface area contributed by atoms with Crippen molar-refractivity contribution in [3.63, 3.8) is 0 Å². The second-order valence-electron chi connectivity index (χ2n) is 4.14. The molecule has 0 bridgehead atoms. The first kappa shape index (κ1) is 13.3. The Bertz CT molecular complexity index is 420. The normalized spacial score (nSPS) is 13.4. The van der Waals surface area contributed by atoms with Crippen molar-refractivity contribution >= 4 is 0 Å². The quantitative estimate of drug-likeness (QED) is 0.783. The first-order valence-electron chi connectivity index (χ1n) is 5.90. The Morgan fingerprint density at radius 3 is 2.47 bits per heavy atom. The van der Waals surface area contributed by atoms with Crippen LogP contribution >= 0.6 is 0 Å². The van der Waals surface area contributed by atoms with Crippen LogP contribution in [0.25, 0.3) is 0 Å². The summed E-state index contributed by atoms with van der Waals surface area (Å²) in [6.07, 6.45) is 7.10. The van der Waals surface area contributed by atoms with E-state index in [4.69, 9.17) is 11.7 Å². The molecule has 2 unspecified atom stereocenters. The molecule has 0 fully saturated rings. The highest BCUT2D eigenvalue weighted by Crippen LogP contribution is 2.15. The Hall–Kier alpha value is -1.77. The molecule has 1 aromatic rings. The molecule has 1 N–H and O–H groups in total. The summed E-state index contributed by atoms with van der Waals surface area (Å²) in [6.45, 7) is 4.24. The molecule has 0 amide bonds. The van der Waals surface area contributed by atoms with Crippen LogP contribution in [-0.2, 0) is 0 Å². The summed E-state index contributed by atoms with van der Waals surface area (Å²) in [6, 6.07) is 10.4. The van der Waals surface area contributed by atoms with Crippen LogP contribution in [0.5, 0.6) is 0 Å². The molecule has 0 heterocycles. The standard InChI is InChI=1S/C15H18N2/c1-4-6-15(5-2)17-12(3)14-9-7-13(11-16)8-10-14/h1,7-10,12,15,17H,5-6H2,2-3H3. The largest absolute Gasteiger partial charge is 0.307 e. The second kappa shape index (κ2) is 6.74. The van der Waals surface area contributed by atoms with E-state index >= 15 is 0 Å². The Morgan fingerprint density at radius 2 is 2.00 bits per heavy atom. The minimum absolute atomic E-state index is 0.251. The fraction of sp³-hybridized carbons (Fsp3) is 0.400. The Morgan fingerprint density at radius 1 is 1.35 bits per heavy atom. The first-order chi connectivity index (χ1) is 8.21. The van der Waals surface area contributed by atoms with Gasteiger partial charge in [0.25, 0.3) is 0 Å². The van der Waals surface area contributed by atoms with E-state index in [-0.39, 0.29) is 6.04 Å². The second-order valence-corrected chi connectivity index (χ2v) is 4.14. The smallest absolute Gasteiger partial charge is 0.0991 e. The molecule has 0 aliphatic heterocycles. The van der Waals surface area contributed by atoms with E-state index in [1.54, 1.807) is 0 Å². The molecule has 2 nitrogen and oxygen atoms in total. The van der Waals surface area contributed by atoms with Crippen molar-refractivity contribution < 1.29 is 0 Å². The third-order valence-corrected chi connectivity index (χ3v) is 2.88. The number of rotatable bonds is 5. The summed E-state index contributed by atoms with van der Waals surface area (Å²) in [7, 11) is 0. The van der Waals surface area contributed by atoms with Crippen LogP contribution in [0.2, 0.25) is 0 Å². The minimum Gasteiger partial charge on any atom is -0.307 e. The number of nitrogens with one attached hydrogen (secondary N) is 1. The van der Waals surface area contributed by atoms with Crippen molar-refractivity contribution in [1.82, 2.24) is 5.32 Å². The Kier molecular flexibility index (Phi) is 5.27. The topological polar surface area (TPSA) is 35.8 Å². The Labute approximate surface area is 104 Å². The maximum Gasteiger partial charge on any atom is 0.0991 e. The van der Waals surface area contributed by atoms with E-state index in [0.717, 1.165) is 12.8 Å². The van der Waals surface area contributed by atoms with Crippen LogP contribution in [-0.4, -0.2) is 6.04 Å². The van der Waals surface area contributed by atoms with Gasteiger partial charge in [0, 0.05) is 18.5 Å². The molecule has 0 aliphatic rings. The number of benzene rings is 1. The molecule has 1 rings (SSSR count). The van der Waals surface area contributed by atoms with Crippen LogP contribution in [0.15, 0.2) is 24.3 Å². The summed E-state index contributed by atoms with van der Waals surface area (Å²) in [4.78, 5) is 0. The van der Waals surface area contributed by atoms with Gasteiger partial charge in [-0.1, -0.05) is 19.1 Å². The highest BCUT2D eigenvalue weighted by Gasteiger charge is 2.10. The lowest BCUT2D eigenvalue weighted by Gasteiger charge is -2.21. The molecule has 2 atom stereocenters. The summed E-state index contributed by atoms with van der Waals surface area (Å²) >= 11 is 0. The van der Waals surface area contributed by atoms with Crippen LogP contribution in [0.1, 0.15) is 43.9 Å². The molecule has 2 heteroatoms. The average molecular weight is 226 g/mol. The zero-order valence-corrected chi connectivity index (χ0v) is 10.4. The SMILES string of the molecule is C#CCC(CC)NC(C)c1ccc(C#N)cc1. The molecule has 0 saturated heterocycles. The molecule has 88 valence electrons. The minimum atomic E-state index is 0.251. The Balaban J connectivity index is 2.66. The lowest BCUT2D eigenvalue weighted by molar-refractivity contribution is 0.449. The lowest BCUT2D eigenvalue weighted by atomic mass is 10.0. The zero-order chi connectivity index (χ0) is 12.7. The third kappa shape index (κ3) is 3.94. The number of nitriles is 1. The zero-order valence-electron chi connectivity index (χ0n) is 10.4. The van der Waals surface area contributed by atoms with E-state index in [9.17, 15) is 0 Å². The van der Waals surface area contributed by atoms with E-state index in [1.807, 2.05) is 24.3 Å². The summed E-state index contributed by atoms with van der Waals surface area (Å²) in [5.74, 6) is 2.69. The fourth-order valence-corrected chi connectivity index (χ4v) is 1.76. The van der Waals surface area contributed by atoms with Crippen molar-refractivity contribution in [3.8, 4) is 18.4 Å². The van der Waals surface area contributed by atoms with Gasteiger partial charge in [0.05, 0.1) is 11.6 Å². The fourth-order valence-electron chi connectivity index (χ4n) is 1.76. The van der Waals surface area contributed by atoms with Gasteiger partial charge in [0.2, 0.25) is 0 Å². The predicted molar refractivity (Wildman–Crippen MR) is 70.2 cm³/mol. The highest BCUT2D eigenvalue weighted by atomic mass is 14.9. The van der Waals surface area contributed by atoms with Gasteiger partial charge in [-0.25, -0.2) is 0 Å². The van der Waals surface area contributed by atoms with Crippen molar-refractivity contribution in [3.05, 3.63) is 35.4 Å². The van der Waals surface area contributed by atoms with Gasteiger partial charge in [0.1, 0.15) is 0 Å². The summed E-state index contributed by atoms with van der Waals surface area (Å²) < 4.78 is 0. The molecular weight excluding hydrogens is 208 g/mol. The molecular formula is C15H18N2. The summed E-state index contributed by atoms with van der Waals surface area (Å²) in [5.41, 5.74) is 1.87. The van der Waals surface area contributed by atoms with Crippen molar-refractivity contribution in [1.29, 1.82) is 5.26 Å². The molecule has 0 spiro atoms. The van der Waals surface area contributed by atoms with Crippen molar-refractivity contribution in [2.75, 3.05) is 0 Å². The van der Waals surface area contributed by atoms with E-state index in [2.05, 4.69) is 31.2 Å². The van der Waals surface area contributed by atoms with Gasteiger partial charge in [-0.15, -0.1) is 12.3 Å². The van der Waals surface area contributed by atoms with Gasteiger partial charge >= 0.3 is 0 Å². The van der Waals surface area contributed by atoms with Gasteiger partial charge in [-0.2, -0.15) is 5.26 Å². The van der Waals surface area contributed by atoms with Gasteiger partial charge in [0.15, 0.2) is 0 Å². The lowest BCUT2D eigenvalue weighted by Crippen LogP contribution is -2.30. The van der Waals surface area contributed by atoms with Crippen molar-refractivity contribution in [2.45, 2.75) is 38.8 Å².